The summed E-state index contributed by atoms with van der Waals surface area (Å²) in [6.45, 7) is 13.2. The van der Waals surface area contributed by atoms with Crippen LogP contribution in [-0.4, -0.2) is 23.0 Å². The standard InChI is InChI=1S/C21H34N2O/c1-15(2)17-10-7-16(8-11-17)9-12-19(24)22-18-13-20(3,4)23-21(5,6)14-18/h7-8,10-11,15,18,23H,9,12-14H2,1-6H3,(H,22,24). The van der Waals surface area contributed by atoms with Crippen molar-refractivity contribution in [3.8, 4) is 0 Å². The molecule has 0 spiro atoms. The van der Waals surface area contributed by atoms with E-state index in [9.17, 15) is 4.79 Å². The minimum atomic E-state index is 0.0619. The molecule has 0 bridgehead atoms. The summed E-state index contributed by atoms with van der Waals surface area (Å²) >= 11 is 0. The van der Waals surface area contributed by atoms with Crippen LogP contribution in [0.3, 0.4) is 0 Å². The van der Waals surface area contributed by atoms with Crippen LogP contribution in [0.1, 0.15) is 77.8 Å². The van der Waals surface area contributed by atoms with Crippen LogP contribution in [0.15, 0.2) is 24.3 Å². The molecule has 1 heterocycles. The highest BCUT2D eigenvalue weighted by Crippen LogP contribution is 2.28. The lowest BCUT2D eigenvalue weighted by Gasteiger charge is -2.46. The Bertz CT molecular complexity index is 542. The highest BCUT2D eigenvalue weighted by Gasteiger charge is 2.37. The molecule has 1 aliphatic heterocycles. The Balaban J connectivity index is 1.84. The van der Waals surface area contributed by atoms with Crippen molar-refractivity contribution in [2.45, 2.75) is 90.3 Å². The summed E-state index contributed by atoms with van der Waals surface area (Å²) in [7, 11) is 0. The largest absolute Gasteiger partial charge is 0.353 e. The third kappa shape index (κ3) is 5.62. The van der Waals surface area contributed by atoms with Gasteiger partial charge in [-0.3, -0.25) is 4.79 Å². The first-order valence-electron chi connectivity index (χ1n) is 9.24. The van der Waals surface area contributed by atoms with Crippen molar-refractivity contribution in [1.82, 2.24) is 10.6 Å². The SMILES string of the molecule is CC(C)c1ccc(CCC(=O)NC2CC(C)(C)NC(C)(C)C2)cc1. The van der Waals surface area contributed by atoms with Crippen LogP contribution in [0, 0.1) is 0 Å². The molecule has 1 aromatic rings. The van der Waals surface area contributed by atoms with Gasteiger partial charge in [-0.15, -0.1) is 0 Å². The van der Waals surface area contributed by atoms with E-state index < -0.39 is 0 Å². The van der Waals surface area contributed by atoms with E-state index in [1.165, 1.54) is 11.1 Å². The average molecular weight is 331 g/mol. The van der Waals surface area contributed by atoms with Gasteiger partial charge in [-0.1, -0.05) is 38.1 Å². The molecule has 1 fully saturated rings. The van der Waals surface area contributed by atoms with Gasteiger partial charge in [0.05, 0.1) is 0 Å². The number of rotatable bonds is 5. The zero-order chi connectivity index (χ0) is 18.0. The van der Waals surface area contributed by atoms with Crippen molar-refractivity contribution in [1.29, 1.82) is 0 Å². The van der Waals surface area contributed by atoms with Gasteiger partial charge >= 0.3 is 0 Å². The fraction of sp³-hybridized carbons (Fsp3) is 0.667. The molecule has 0 saturated carbocycles. The van der Waals surface area contributed by atoms with E-state index in [2.05, 4.69) is 76.4 Å². The molecular weight excluding hydrogens is 296 g/mol. The maximum absolute atomic E-state index is 12.4. The molecule has 2 N–H and O–H groups in total. The molecule has 1 amide bonds. The number of carbonyl (C=O) groups excluding carboxylic acids is 1. The van der Waals surface area contributed by atoms with Gasteiger partial charge in [0.1, 0.15) is 0 Å². The van der Waals surface area contributed by atoms with E-state index in [0.29, 0.717) is 12.3 Å². The predicted octanol–water partition coefficient (Wildman–Crippen LogP) is 4.17. The summed E-state index contributed by atoms with van der Waals surface area (Å²) in [5, 5.41) is 6.91. The molecule has 2 rings (SSSR count). The quantitative estimate of drug-likeness (QED) is 0.851. The van der Waals surface area contributed by atoms with Crippen molar-refractivity contribution in [3.63, 3.8) is 0 Å². The van der Waals surface area contributed by atoms with Gasteiger partial charge in [0.2, 0.25) is 5.91 Å². The molecule has 0 radical (unpaired) electrons. The van der Waals surface area contributed by atoms with Crippen molar-refractivity contribution in [2.24, 2.45) is 0 Å². The summed E-state index contributed by atoms with van der Waals surface area (Å²) < 4.78 is 0. The van der Waals surface area contributed by atoms with E-state index in [-0.39, 0.29) is 23.0 Å². The van der Waals surface area contributed by atoms with Crippen LogP contribution in [0.5, 0.6) is 0 Å². The molecule has 0 unspecified atom stereocenters. The Kier molecular flexibility index (Phi) is 5.74. The minimum absolute atomic E-state index is 0.0619. The third-order valence-electron chi connectivity index (χ3n) is 4.84. The highest BCUT2D eigenvalue weighted by molar-refractivity contribution is 5.76. The molecule has 3 heteroatoms. The fourth-order valence-electron chi connectivity index (χ4n) is 4.05. The Hall–Kier alpha value is -1.35. The number of piperidine rings is 1. The Labute approximate surface area is 147 Å². The molecular formula is C21H34N2O. The maximum Gasteiger partial charge on any atom is 0.220 e. The first-order chi connectivity index (χ1) is 11.1. The van der Waals surface area contributed by atoms with Gasteiger partial charge in [0.15, 0.2) is 0 Å². The molecule has 1 aromatic carbocycles. The van der Waals surface area contributed by atoms with E-state index >= 15 is 0 Å². The normalized spacial score (nSPS) is 20.1. The minimum Gasteiger partial charge on any atom is -0.353 e. The van der Waals surface area contributed by atoms with Crippen LogP contribution < -0.4 is 10.6 Å². The summed E-state index contributed by atoms with van der Waals surface area (Å²) in [6.07, 6.45) is 3.32. The number of aryl methyl sites for hydroxylation is 1. The third-order valence-corrected chi connectivity index (χ3v) is 4.84. The maximum atomic E-state index is 12.4. The van der Waals surface area contributed by atoms with Gasteiger partial charge in [-0.05, 0) is 64.0 Å². The second-order valence-electron chi connectivity index (χ2n) is 8.96. The first-order valence-corrected chi connectivity index (χ1v) is 9.24. The molecule has 24 heavy (non-hydrogen) atoms. The van der Waals surface area contributed by atoms with E-state index in [1.54, 1.807) is 0 Å². The van der Waals surface area contributed by atoms with Crippen molar-refractivity contribution < 1.29 is 4.79 Å². The smallest absolute Gasteiger partial charge is 0.220 e. The highest BCUT2D eigenvalue weighted by atomic mass is 16.1. The number of hydrogen-bond donors (Lipinski definition) is 2. The van der Waals surface area contributed by atoms with Gasteiger partial charge in [0.25, 0.3) is 0 Å². The molecule has 3 nitrogen and oxygen atoms in total. The summed E-state index contributed by atoms with van der Waals surface area (Å²) in [4.78, 5) is 12.4. The van der Waals surface area contributed by atoms with E-state index in [0.717, 1.165) is 19.3 Å². The first kappa shape index (κ1) is 19.0. The Morgan fingerprint density at radius 3 is 2.17 bits per heavy atom. The van der Waals surface area contributed by atoms with Crippen LogP contribution in [0.4, 0.5) is 0 Å². The van der Waals surface area contributed by atoms with Gasteiger partial charge in [-0.25, -0.2) is 0 Å². The predicted molar refractivity (Wildman–Crippen MR) is 101 cm³/mol. The van der Waals surface area contributed by atoms with Crippen LogP contribution >= 0.6 is 0 Å². The number of hydrogen-bond acceptors (Lipinski definition) is 2. The van der Waals surface area contributed by atoms with E-state index in [4.69, 9.17) is 0 Å². The van der Waals surface area contributed by atoms with Crippen LogP contribution in [0.25, 0.3) is 0 Å². The second kappa shape index (κ2) is 7.26. The topological polar surface area (TPSA) is 41.1 Å². The Morgan fingerprint density at radius 1 is 1.12 bits per heavy atom. The lowest BCUT2D eigenvalue weighted by atomic mass is 9.79. The van der Waals surface area contributed by atoms with E-state index in [1.807, 2.05) is 0 Å². The monoisotopic (exact) mass is 330 g/mol. The average Bonchev–Trinajstić information content (AvgIpc) is 2.42. The molecule has 134 valence electrons. The molecule has 1 saturated heterocycles. The second-order valence-corrected chi connectivity index (χ2v) is 8.96. The van der Waals surface area contributed by atoms with Gasteiger partial charge in [0, 0.05) is 23.5 Å². The molecule has 1 aliphatic rings. The molecule has 0 atom stereocenters. The van der Waals surface area contributed by atoms with Gasteiger partial charge < -0.3 is 10.6 Å². The van der Waals surface area contributed by atoms with Crippen LogP contribution in [-0.2, 0) is 11.2 Å². The van der Waals surface area contributed by atoms with Gasteiger partial charge in [-0.2, -0.15) is 0 Å². The van der Waals surface area contributed by atoms with Crippen molar-refractivity contribution in [3.05, 3.63) is 35.4 Å². The zero-order valence-electron chi connectivity index (χ0n) is 16.2. The van der Waals surface area contributed by atoms with Crippen LogP contribution in [0.2, 0.25) is 0 Å². The number of benzene rings is 1. The van der Waals surface area contributed by atoms with Crippen molar-refractivity contribution in [2.75, 3.05) is 0 Å². The number of nitrogens with one attached hydrogen (secondary N) is 2. The summed E-state index contributed by atoms with van der Waals surface area (Å²) in [5.41, 5.74) is 2.71. The summed E-state index contributed by atoms with van der Waals surface area (Å²) in [6, 6.07) is 8.91. The lowest BCUT2D eigenvalue weighted by molar-refractivity contribution is -0.122. The Morgan fingerprint density at radius 2 is 1.67 bits per heavy atom. The molecule has 0 aliphatic carbocycles. The zero-order valence-corrected chi connectivity index (χ0v) is 16.2. The lowest BCUT2D eigenvalue weighted by Crippen LogP contribution is -2.62. The number of amides is 1. The fourth-order valence-corrected chi connectivity index (χ4v) is 4.05. The summed E-state index contributed by atoms with van der Waals surface area (Å²) in [5.74, 6) is 0.718. The number of carbonyl (C=O) groups is 1. The van der Waals surface area contributed by atoms with Crippen molar-refractivity contribution >= 4 is 5.91 Å². The molecule has 0 aromatic heterocycles.